The van der Waals surface area contributed by atoms with Crippen molar-refractivity contribution in [2.75, 3.05) is 0 Å². The van der Waals surface area contributed by atoms with Gasteiger partial charge in [0.2, 0.25) is 0 Å². The van der Waals surface area contributed by atoms with Gasteiger partial charge in [-0.1, -0.05) is 12.2 Å². The normalized spacial score (nSPS) is 29.2. The standard InChI is InChI=1S/C12H17F3O3/c1-10(2,18-9(16)12(13,14)15)8-4-6-11(3,17)7-5-8/h4,6,8,17H,5,7H2,1-3H3/t8-,11?/m0/s1. The lowest BCUT2D eigenvalue weighted by molar-refractivity contribution is -0.214. The van der Waals surface area contributed by atoms with Gasteiger partial charge in [0.25, 0.3) is 0 Å². The van der Waals surface area contributed by atoms with Gasteiger partial charge in [-0.05, 0) is 33.6 Å². The van der Waals surface area contributed by atoms with Crippen LogP contribution in [-0.4, -0.2) is 28.5 Å². The monoisotopic (exact) mass is 266 g/mol. The number of esters is 1. The van der Waals surface area contributed by atoms with E-state index in [0.717, 1.165) is 0 Å². The van der Waals surface area contributed by atoms with Crippen LogP contribution >= 0.6 is 0 Å². The van der Waals surface area contributed by atoms with Crippen molar-refractivity contribution in [1.29, 1.82) is 0 Å². The molecule has 0 amide bonds. The maximum atomic E-state index is 12.1. The van der Waals surface area contributed by atoms with Crippen LogP contribution in [0.4, 0.5) is 13.2 Å². The maximum absolute atomic E-state index is 12.1. The van der Waals surface area contributed by atoms with E-state index in [1.807, 2.05) is 0 Å². The van der Waals surface area contributed by atoms with Crippen molar-refractivity contribution in [2.45, 2.75) is 51.0 Å². The van der Waals surface area contributed by atoms with Gasteiger partial charge in [-0.25, -0.2) is 4.79 Å². The molecule has 0 saturated carbocycles. The molecule has 18 heavy (non-hydrogen) atoms. The van der Waals surface area contributed by atoms with Gasteiger partial charge < -0.3 is 9.84 Å². The van der Waals surface area contributed by atoms with Gasteiger partial charge in [0.1, 0.15) is 5.60 Å². The summed E-state index contributed by atoms with van der Waals surface area (Å²) < 4.78 is 40.9. The van der Waals surface area contributed by atoms with Crippen LogP contribution in [0.2, 0.25) is 0 Å². The number of hydrogen-bond acceptors (Lipinski definition) is 3. The van der Waals surface area contributed by atoms with Crippen LogP contribution in [0.15, 0.2) is 12.2 Å². The van der Waals surface area contributed by atoms with E-state index in [1.54, 1.807) is 13.0 Å². The minimum absolute atomic E-state index is 0.343. The number of halogens is 3. The zero-order chi connectivity index (χ0) is 14.2. The summed E-state index contributed by atoms with van der Waals surface area (Å²) in [7, 11) is 0. The largest absolute Gasteiger partial charge is 0.490 e. The van der Waals surface area contributed by atoms with Gasteiger partial charge >= 0.3 is 12.1 Å². The Kier molecular flexibility index (Phi) is 3.81. The van der Waals surface area contributed by atoms with Crippen molar-refractivity contribution in [3.63, 3.8) is 0 Å². The van der Waals surface area contributed by atoms with Crippen molar-refractivity contribution in [2.24, 2.45) is 5.92 Å². The summed E-state index contributed by atoms with van der Waals surface area (Å²) in [5, 5.41) is 9.69. The maximum Gasteiger partial charge on any atom is 0.490 e. The van der Waals surface area contributed by atoms with Crippen LogP contribution in [0, 0.1) is 5.92 Å². The van der Waals surface area contributed by atoms with Crippen LogP contribution in [0.1, 0.15) is 33.6 Å². The van der Waals surface area contributed by atoms with E-state index >= 15 is 0 Å². The predicted molar refractivity (Wildman–Crippen MR) is 58.7 cm³/mol. The van der Waals surface area contributed by atoms with Crippen LogP contribution in [0.25, 0.3) is 0 Å². The molecule has 104 valence electrons. The van der Waals surface area contributed by atoms with Gasteiger partial charge in [0.15, 0.2) is 0 Å². The molecule has 0 bridgehead atoms. The second-order valence-electron chi connectivity index (χ2n) is 5.35. The highest BCUT2D eigenvalue weighted by molar-refractivity contribution is 5.76. The third kappa shape index (κ3) is 3.73. The second kappa shape index (κ2) is 4.57. The van der Waals surface area contributed by atoms with E-state index < -0.39 is 23.3 Å². The molecule has 3 nitrogen and oxygen atoms in total. The highest BCUT2D eigenvalue weighted by Gasteiger charge is 2.46. The summed E-state index contributed by atoms with van der Waals surface area (Å²) in [6.07, 6.45) is -0.971. The van der Waals surface area contributed by atoms with Crippen molar-refractivity contribution in [1.82, 2.24) is 0 Å². The summed E-state index contributed by atoms with van der Waals surface area (Å²) >= 11 is 0. The third-order valence-electron chi connectivity index (χ3n) is 3.13. The Morgan fingerprint density at radius 1 is 1.44 bits per heavy atom. The SMILES string of the molecule is CC1(O)C=C[C@H](C(C)(C)OC(=O)C(F)(F)F)CC1. The van der Waals surface area contributed by atoms with Gasteiger partial charge in [-0.15, -0.1) is 0 Å². The molecule has 1 N–H and O–H groups in total. The van der Waals surface area contributed by atoms with Crippen molar-refractivity contribution < 1.29 is 27.8 Å². The molecule has 1 unspecified atom stereocenters. The number of carbonyl (C=O) groups excluding carboxylic acids is 1. The molecule has 6 heteroatoms. The Morgan fingerprint density at radius 3 is 2.39 bits per heavy atom. The quantitative estimate of drug-likeness (QED) is 0.617. The molecular weight excluding hydrogens is 249 g/mol. The molecular formula is C12H17F3O3. The van der Waals surface area contributed by atoms with Gasteiger partial charge in [0, 0.05) is 5.92 Å². The van der Waals surface area contributed by atoms with E-state index in [4.69, 9.17) is 0 Å². The molecule has 0 saturated heterocycles. The minimum atomic E-state index is -4.98. The van der Waals surface area contributed by atoms with Crippen LogP contribution < -0.4 is 0 Å². The number of hydrogen-bond donors (Lipinski definition) is 1. The number of aliphatic hydroxyl groups is 1. The smallest absolute Gasteiger partial charge is 0.452 e. The van der Waals surface area contributed by atoms with Crippen LogP contribution in [0.5, 0.6) is 0 Å². The highest BCUT2D eigenvalue weighted by atomic mass is 19.4. The number of ether oxygens (including phenoxy) is 1. The Morgan fingerprint density at radius 2 is 2.00 bits per heavy atom. The number of rotatable bonds is 2. The first-order chi connectivity index (χ1) is 7.94. The van der Waals surface area contributed by atoms with Crippen molar-refractivity contribution in [3.8, 4) is 0 Å². The fourth-order valence-electron chi connectivity index (χ4n) is 1.90. The zero-order valence-corrected chi connectivity index (χ0v) is 10.5. The van der Waals surface area contributed by atoms with Gasteiger partial charge in [-0.3, -0.25) is 0 Å². The number of carbonyl (C=O) groups is 1. The zero-order valence-electron chi connectivity index (χ0n) is 10.5. The molecule has 2 atom stereocenters. The molecule has 1 aliphatic rings. The summed E-state index contributed by atoms with van der Waals surface area (Å²) in [5.41, 5.74) is -2.19. The summed E-state index contributed by atoms with van der Waals surface area (Å²) in [5.74, 6) is -2.53. The minimum Gasteiger partial charge on any atom is -0.452 e. The highest BCUT2D eigenvalue weighted by Crippen LogP contribution is 2.35. The second-order valence-corrected chi connectivity index (χ2v) is 5.35. The first-order valence-corrected chi connectivity index (χ1v) is 5.66. The molecule has 0 radical (unpaired) electrons. The molecule has 0 aromatic carbocycles. The fraction of sp³-hybridized carbons (Fsp3) is 0.750. The number of alkyl halides is 3. The molecule has 0 spiro atoms. The molecule has 0 heterocycles. The molecule has 0 aliphatic heterocycles. The van der Waals surface area contributed by atoms with E-state index in [9.17, 15) is 23.1 Å². The molecule has 0 aromatic heterocycles. The predicted octanol–water partition coefficient (Wildman–Crippen LogP) is 2.59. The molecule has 0 fully saturated rings. The Balaban J connectivity index is 2.74. The van der Waals surface area contributed by atoms with Crippen LogP contribution in [-0.2, 0) is 9.53 Å². The lowest BCUT2D eigenvalue weighted by Crippen LogP contribution is -2.42. The third-order valence-corrected chi connectivity index (χ3v) is 3.13. The first-order valence-electron chi connectivity index (χ1n) is 5.66. The molecule has 0 aromatic rings. The Bertz CT molecular complexity index is 356. The van der Waals surface area contributed by atoms with Crippen molar-refractivity contribution in [3.05, 3.63) is 12.2 Å². The summed E-state index contributed by atoms with van der Waals surface area (Å²) in [6.45, 7) is 4.49. The Hall–Kier alpha value is -1.04. The topological polar surface area (TPSA) is 46.5 Å². The van der Waals surface area contributed by atoms with Crippen LogP contribution in [0.3, 0.4) is 0 Å². The van der Waals surface area contributed by atoms with Gasteiger partial charge in [0.05, 0.1) is 5.60 Å². The van der Waals surface area contributed by atoms with E-state index in [-0.39, 0.29) is 5.92 Å². The first kappa shape index (κ1) is 15.0. The molecule has 1 rings (SSSR count). The molecule has 1 aliphatic carbocycles. The van der Waals surface area contributed by atoms with Gasteiger partial charge in [-0.2, -0.15) is 13.2 Å². The lowest BCUT2D eigenvalue weighted by atomic mass is 9.78. The average Bonchev–Trinajstić information content (AvgIpc) is 2.14. The van der Waals surface area contributed by atoms with Crippen molar-refractivity contribution >= 4 is 5.97 Å². The fourth-order valence-corrected chi connectivity index (χ4v) is 1.90. The average molecular weight is 266 g/mol. The van der Waals surface area contributed by atoms with E-state index in [0.29, 0.717) is 12.8 Å². The summed E-state index contributed by atoms with van der Waals surface area (Å²) in [6, 6.07) is 0. The van der Waals surface area contributed by atoms with E-state index in [2.05, 4.69) is 4.74 Å². The lowest BCUT2D eigenvalue weighted by Gasteiger charge is -2.37. The summed E-state index contributed by atoms with van der Waals surface area (Å²) in [4.78, 5) is 10.8. The Labute approximate surface area is 104 Å². The van der Waals surface area contributed by atoms with E-state index in [1.165, 1.54) is 19.9 Å².